The molecule has 1 aliphatic heterocycles. The van der Waals surface area contributed by atoms with E-state index in [0.29, 0.717) is 26.2 Å². The number of nitrogens with zero attached hydrogens (tertiary/aromatic N) is 1. The molecule has 0 aliphatic carbocycles. The quantitative estimate of drug-likeness (QED) is 0.565. The summed E-state index contributed by atoms with van der Waals surface area (Å²) in [5, 5.41) is 20.5. The molecule has 1 saturated heterocycles. The van der Waals surface area contributed by atoms with Crippen LogP contribution in [-0.2, 0) is 4.74 Å². The van der Waals surface area contributed by atoms with Gasteiger partial charge in [-0.1, -0.05) is 0 Å². The fourth-order valence-electron chi connectivity index (χ4n) is 1.24. The Bertz CT molecular complexity index is 170. The Morgan fingerprint density at radius 2 is 2.50 bits per heavy atom. The van der Waals surface area contributed by atoms with Gasteiger partial charge in [-0.25, -0.2) is 0 Å². The average molecular weight is 170 g/mol. The summed E-state index contributed by atoms with van der Waals surface area (Å²) in [5.74, 6) is 0. The highest BCUT2D eigenvalue weighted by atomic mass is 16.5. The summed E-state index contributed by atoms with van der Waals surface area (Å²) in [6.45, 7) is 1.96. The Hall–Kier alpha value is -0.630. The number of aliphatic hydroxyl groups excluding tert-OH is 1. The van der Waals surface area contributed by atoms with Crippen molar-refractivity contribution in [1.82, 2.24) is 5.32 Å². The highest BCUT2D eigenvalue weighted by Crippen LogP contribution is 2.16. The molecule has 0 aromatic heterocycles. The van der Waals surface area contributed by atoms with Crippen LogP contribution in [0.5, 0.6) is 0 Å². The van der Waals surface area contributed by atoms with Gasteiger partial charge >= 0.3 is 0 Å². The lowest BCUT2D eigenvalue weighted by Crippen LogP contribution is -2.45. The lowest BCUT2D eigenvalue weighted by molar-refractivity contribution is 0.178. The number of nitrogens with one attached hydrogen (secondary N) is 1. The van der Waals surface area contributed by atoms with E-state index in [1.54, 1.807) is 0 Å². The van der Waals surface area contributed by atoms with Crippen LogP contribution < -0.4 is 5.32 Å². The number of aliphatic hydroxyl groups is 1. The van der Waals surface area contributed by atoms with Gasteiger partial charge in [-0.2, -0.15) is 5.26 Å². The van der Waals surface area contributed by atoms with Crippen LogP contribution in [0.3, 0.4) is 0 Å². The molecule has 1 unspecified atom stereocenters. The number of ether oxygens (including phenoxy) is 1. The lowest BCUT2D eigenvalue weighted by Gasteiger charge is -2.19. The number of hydrogen-bond acceptors (Lipinski definition) is 4. The first-order valence-corrected chi connectivity index (χ1v) is 4.18. The van der Waals surface area contributed by atoms with E-state index in [4.69, 9.17) is 15.1 Å². The van der Waals surface area contributed by atoms with Crippen molar-refractivity contribution < 1.29 is 9.84 Å². The van der Waals surface area contributed by atoms with Crippen LogP contribution >= 0.6 is 0 Å². The minimum atomic E-state index is -0.491. The molecule has 1 fully saturated rings. The first-order valence-electron chi connectivity index (χ1n) is 4.18. The Morgan fingerprint density at radius 1 is 1.67 bits per heavy atom. The van der Waals surface area contributed by atoms with Crippen LogP contribution in [-0.4, -0.2) is 37.0 Å². The second-order valence-electron chi connectivity index (χ2n) is 3.00. The zero-order valence-corrected chi connectivity index (χ0v) is 7.05. The molecule has 4 heteroatoms. The molecule has 0 amide bonds. The fraction of sp³-hybridized carbons (Fsp3) is 0.875. The summed E-state index contributed by atoms with van der Waals surface area (Å²) in [6, 6.07) is 2.22. The van der Waals surface area contributed by atoms with E-state index in [9.17, 15) is 0 Å². The zero-order chi connectivity index (χ0) is 8.86. The van der Waals surface area contributed by atoms with Crippen molar-refractivity contribution in [3.05, 3.63) is 0 Å². The molecule has 0 aromatic carbocycles. The zero-order valence-electron chi connectivity index (χ0n) is 7.05. The lowest BCUT2D eigenvalue weighted by atomic mass is 10.0. The molecule has 4 nitrogen and oxygen atoms in total. The van der Waals surface area contributed by atoms with E-state index >= 15 is 0 Å². The minimum Gasteiger partial charge on any atom is -0.396 e. The van der Waals surface area contributed by atoms with Crippen molar-refractivity contribution in [2.45, 2.75) is 18.4 Å². The summed E-state index contributed by atoms with van der Waals surface area (Å²) in [5.41, 5.74) is -0.491. The van der Waals surface area contributed by atoms with E-state index in [-0.39, 0.29) is 6.61 Å². The second-order valence-corrected chi connectivity index (χ2v) is 3.00. The molecular weight excluding hydrogens is 156 g/mol. The molecule has 0 spiro atoms. The van der Waals surface area contributed by atoms with Crippen LogP contribution in [0, 0.1) is 11.3 Å². The van der Waals surface area contributed by atoms with Gasteiger partial charge in [0.05, 0.1) is 12.7 Å². The number of rotatable bonds is 4. The van der Waals surface area contributed by atoms with E-state index < -0.39 is 5.54 Å². The summed E-state index contributed by atoms with van der Waals surface area (Å²) >= 11 is 0. The van der Waals surface area contributed by atoms with Gasteiger partial charge in [0.1, 0.15) is 5.54 Å². The van der Waals surface area contributed by atoms with E-state index in [1.165, 1.54) is 0 Å². The van der Waals surface area contributed by atoms with Gasteiger partial charge in [-0.05, 0) is 13.0 Å². The Kier molecular flexibility index (Phi) is 3.48. The van der Waals surface area contributed by atoms with Crippen molar-refractivity contribution in [2.75, 3.05) is 26.4 Å². The summed E-state index contributed by atoms with van der Waals surface area (Å²) in [7, 11) is 0. The Labute approximate surface area is 72.1 Å². The first kappa shape index (κ1) is 9.46. The molecule has 1 atom stereocenters. The maximum absolute atomic E-state index is 8.86. The van der Waals surface area contributed by atoms with Crippen molar-refractivity contribution >= 4 is 0 Å². The van der Waals surface area contributed by atoms with Gasteiger partial charge in [0.15, 0.2) is 0 Å². The van der Waals surface area contributed by atoms with Crippen molar-refractivity contribution in [3.63, 3.8) is 0 Å². The second kappa shape index (κ2) is 4.41. The third kappa shape index (κ3) is 2.18. The Morgan fingerprint density at radius 3 is 3.00 bits per heavy atom. The van der Waals surface area contributed by atoms with Gasteiger partial charge in [-0.3, -0.25) is 5.32 Å². The SMILES string of the molecule is N#CC1(NCCCO)CCOC1. The molecule has 68 valence electrons. The molecule has 1 rings (SSSR count). The molecule has 0 radical (unpaired) electrons. The minimum absolute atomic E-state index is 0.162. The molecule has 1 heterocycles. The van der Waals surface area contributed by atoms with E-state index in [2.05, 4.69) is 11.4 Å². The van der Waals surface area contributed by atoms with Crippen LogP contribution in [0.25, 0.3) is 0 Å². The Balaban J connectivity index is 2.30. The third-order valence-electron chi connectivity index (χ3n) is 2.03. The highest BCUT2D eigenvalue weighted by molar-refractivity contribution is 5.09. The number of hydrogen-bond donors (Lipinski definition) is 2. The van der Waals surface area contributed by atoms with Crippen molar-refractivity contribution in [2.24, 2.45) is 0 Å². The molecule has 12 heavy (non-hydrogen) atoms. The third-order valence-corrected chi connectivity index (χ3v) is 2.03. The molecular formula is C8H14N2O2. The topological polar surface area (TPSA) is 65.3 Å². The molecule has 0 bridgehead atoms. The number of nitriles is 1. The smallest absolute Gasteiger partial charge is 0.132 e. The molecule has 0 aromatic rings. The van der Waals surface area contributed by atoms with Crippen LogP contribution in [0.2, 0.25) is 0 Å². The van der Waals surface area contributed by atoms with Crippen molar-refractivity contribution in [3.8, 4) is 6.07 Å². The summed E-state index contributed by atoms with van der Waals surface area (Å²) in [6.07, 6.45) is 1.43. The normalized spacial score (nSPS) is 28.7. The fourth-order valence-corrected chi connectivity index (χ4v) is 1.24. The summed E-state index contributed by atoms with van der Waals surface area (Å²) < 4.78 is 5.13. The standard InChI is InChI=1S/C8H14N2O2/c9-6-8(2-5-12-7-8)10-3-1-4-11/h10-11H,1-5,7H2. The predicted molar refractivity (Wildman–Crippen MR) is 43.5 cm³/mol. The highest BCUT2D eigenvalue weighted by Gasteiger charge is 2.33. The molecule has 2 N–H and O–H groups in total. The predicted octanol–water partition coefficient (Wildman–Crippen LogP) is -0.359. The van der Waals surface area contributed by atoms with Gasteiger partial charge in [0.2, 0.25) is 0 Å². The molecule has 0 saturated carbocycles. The maximum Gasteiger partial charge on any atom is 0.132 e. The average Bonchev–Trinajstić information content (AvgIpc) is 2.55. The van der Waals surface area contributed by atoms with Crippen LogP contribution in [0.15, 0.2) is 0 Å². The van der Waals surface area contributed by atoms with E-state index in [1.807, 2.05) is 0 Å². The van der Waals surface area contributed by atoms with Gasteiger partial charge < -0.3 is 9.84 Å². The van der Waals surface area contributed by atoms with Crippen molar-refractivity contribution in [1.29, 1.82) is 5.26 Å². The first-order chi connectivity index (χ1) is 5.83. The largest absolute Gasteiger partial charge is 0.396 e. The van der Waals surface area contributed by atoms with Gasteiger partial charge in [0, 0.05) is 19.6 Å². The van der Waals surface area contributed by atoms with E-state index in [0.717, 1.165) is 6.42 Å². The van der Waals surface area contributed by atoms with Crippen LogP contribution in [0.1, 0.15) is 12.8 Å². The van der Waals surface area contributed by atoms with Gasteiger partial charge in [-0.15, -0.1) is 0 Å². The molecule has 1 aliphatic rings. The summed E-state index contributed by atoms with van der Waals surface area (Å²) in [4.78, 5) is 0. The van der Waals surface area contributed by atoms with Crippen LogP contribution in [0.4, 0.5) is 0 Å². The monoisotopic (exact) mass is 170 g/mol. The maximum atomic E-state index is 8.86. The van der Waals surface area contributed by atoms with Gasteiger partial charge in [0.25, 0.3) is 0 Å².